The highest BCUT2D eigenvalue weighted by Crippen LogP contribution is 2.31. The summed E-state index contributed by atoms with van der Waals surface area (Å²) in [6, 6.07) is 14.2. The van der Waals surface area contributed by atoms with Crippen molar-refractivity contribution in [1.82, 2.24) is 20.2 Å². The van der Waals surface area contributed by atoms with Gasteiger partial charge in [0.25, 0.3) is 0 Å². The van der Waals surface area contributed by atoms with Gasteiger partial charge < -0.3 is 4.90 Å². The zero-order valence-electron chi connectivity index (χ0n) is 15.6. The maximum absolute atomic E-state index is 13.0. The summed E-state index contributed by atoms with van der Waals surface area (Å²) in [5.74, 6) is 0.0830. The second kappa shape index (κ2) is 7.15. The third-order valence-electron chi connectivity index (χ3n) is 4.96. The van der Waals surface area contributed by atoms with Crippen LogP contribution in [0.3, 0.4) is 0 Å². The largest absolute Gasteiger partial charge is 0.311 e. The Morgan fingerprint density at radius 3 is 2.78 bits per heavy atom. The van der Waals surface area contributed by atoms with Crippen LogP contribution in [0.25, 0.3) is 5.69 Å². The van der Waals surface area contributed by atoms with Gasteiger partial charge in [-0.1, -0.05) is 36.0 Å². The van der Waals surface area contributed by atoms with Crippen LogP contribution >= 0.6 is 11.8 Å². The van der Waals surface area contributed by atoms with Gasteiger partial charge >= 0.3 is 0 Å². The molecule has 3 aromatic rings. The Balaban J connectivity index is 1.54. The van der Waals surface area contributed by atoms with E-state index in [0.717, 1.165) is 24.3 Å². The smallest absolute Gasteiger partial charge is 0.240 e. The van der Waals surface area contributed by atoms with Crippen molar-refractivity contribution >= 4 is 23.4 Å². The molecule has 0 spiro atoms. The normalized spacial score (nSPS) is 14.3. The van der Waals surface area contributed by atoms with Gasteiger partial charge in [0, 0.05) is 12.2 Å². The summed E-state index contributed by atoms with van der Waals surface area (Å²) in [4.78, 5) is 14.9. The molecule has 7 heteroatoms. The molecule has 0 saturated heterocycles. The van der Waals surface area contributed by atoms with E-state index in [1.54, 1.807) is 4.68 Å². The van der Waals surface area contributed by atoms with E-state index < -0.39 is 0 Å². The van der Waals surface area contributed by atoms with Crippen LogP contribution in [0.15, 0.2) is 47.6 Å². The summed E-state index contributed by atoms with van der Waals surface area (Å²) < 4.78 is 1.69. The fraction of sp³-hybridized carbons (Fsp3) is 0.300. The summed E-state index contributed by atoms with van der Waals surface area (Å²) in [7, 11) is 0. The number of fused-ring (bicyclic) bond motifs is 1. The molecule has 0 aliphatic carbocycles. The molecule has 1 atom stereocenters. The third-order valence-corrected chi connectivity index (χ3v) is 5.98. The predicted molar refractivity (Wildman–Crippen MR) is 106 cm³/mol. The fourth-order valence-electron chi connectivity index (χ4n) is 3.27. The molecule has 138 valence electrons. The average molecular weight is 379 g/mol. The van der Waals surface area contributed by atoms with Gasteiger partial charge in [-0.3, -0.25) is 4.79 Å². The van der Waals surface area contributed by atoms with Crippen LogP contribution < -0.4 is 4.90 Å². The molecule has 0 bridgehead atoms. The van der Waals surface area contributed by atoms with Gasteiger partial charge in [-0.2, -0.15) is 4.68 Å². The molecule has 6 nitrogen and oxygen atoms in total. The number of carbonyl (C=O) groups is 1. The maximum Gasteiger partial charge on any atom is 0.240 e. The van der Waals surface area contributed by atoms with Gasteiger partial charge in [-0.05, 0) is 72.5 Å². The monoisotopic (exact) mass is 379 g/mol. The molecular weight excluding hydrogens is 358 g/mol. The Morgan fingerprint density at radius 1 is 1.15 bits per heavy atom. The molecule has 2 heterocycles. The van der Waals surface area contributed by atoms with Gasteiger partial charge in [0.15, 0.2) is 0 Å². The zero-order valence-corrected chi connectivity index (χ0v) is 16.4. The molecular formula is C20H21N5OS. The lowest BCUT2D eigenvalue weighted by Crippen LogP contribution is -2.35. The molecule has 4 rings (SSSR count). The number of para-hydroxylation sites is 1. The predicted octanol–water partition coefficient (Wildman–Crippen LogP) is 3.35. The Bertz CT molecular complexity index is 1000. The lowest BCUT2D eigenvalue weighted by molar-refractivity contribution is -0.117. The molecule has 1 amide bonds. The number of anilines is 1. The summed E-state index contributed by atoms with van der Waals surface area (Å²) in [6.07, 6.45) is 0.902. The van der Waals surface area contributed by atoms with Gasteiger partial charge in [0.2, 0.25) is 11.1 Å². The molecule has 0 saturated carbocycles. The number of nitrogens with zero attached hydrogens (tertiary/aromatic N) is 5. The first-order valence-corrected chi connectivity index (χ1v) is 9.84. The maximum atomic E-state index is 13.0. The van der Waals surface area contributed by atoms with Crippen molar-refractivity contribution in [3.63, 3.8) is 0 Å². The first kappa shape index (κ1) is 17.7. The van der Waals surface area contributed by atoms with Crippen LogP contribution in [-0.4, -0.2) is 37.9 Å². The van der Waals surface area contributed by atoms with Gasteiger partial charge in [0.05, 0.1) is 10.9 Å². The number of carbonyl (C=O) groups excluding carboxylic acids is 1. The highest BCUT2D eigenvalue weighted by atomic mass is 32.2. The van der Waals surface area contributed by atoms with Crippen molar-refractivity contribution in [3.05, 3.63) is 59.2 Å². The average Bonchev–Trinajstić information content (AvgIpc) is 3.30. The van der Waals surface area contributed by atoms with Crippen LogP contribution in [0, 0.1) is 13.8 Å². The number of hydrogen-bond acceptors (Lipinski definition) is 5. The number of aryl methyl sites for hydroxylation is 2. The summed E-state index contributed by atoms with van der Waals surface area (Å²) in [5, 5.41) is 12.4. The molecule has 1 aliphatic heterocycles. The van der Waals surface area contributed by atoms with E-state index in [-0.39, 0.29) is 11.2 Å². The van der Waals surface area contributed by atoms with E-state index in [1.807, 2.05) is 36.1 Å². The first-order valence-electron chi connectivity index (χ1n) is 8.96. The summed E-state index contributed by atoms with van der Waals surface area (Å²) >= 11 is 1.39. The minimum Gasteiger partial charge on any atom is -0.311 e. The molecule has 1 aliphatic rings. The Morgan fingerprint density at radius 2 is 1.96 bits per heavy atom. The number of benzene rings is 2. The molecule has 0 fully saturated rings. The van der Waals surface area contributed by atoms with E-state index >= 15 is 0 Å². The Hall–Kier alpha value is -2.67. The van der Waals surface area contributed by atoms with Gasteiger partial charge in [-0.25, -0.2) is 0 Å². The van der Waals surface area contributed by atoms with E-state index in [0.29, 0.717) is 5.16 Å². The van der Waals surface area contributed by atoms with Crippen molar-refractivity contribution in [1.29, 1.82) is 0 Å². The fourth-order valence-corrected chi connectivity index (χ4v) is 4.14. The molecule has 1 unspecified atom stereocenters. The standard InChI is InChI=1S/C20H21N5OS/c1-13-8-9-17(12-14(13)2)25-20(21-22-23-25)27-15(3)19(26)24-11-10-16-6-4-5-7-18(16)24/h4-9,12,15H,10-11H2,1-3H3. The minimum absolute atomic E-state index is 0.0830. The lowest BCUT2D eigenvalue weighted by atomic mass is 10.1. The van der Waals surface area contributed by atoms with E-state index in [9.17, 15) is 4.79 Å². The molecule has 2 aromatic carbocycles. The van der Waals surface area contributed by atoms with Gasteiger partial charge in [-0.15, -0.1) is 5.10 Å². The van der Waals surface area contributed by atoms with Crippen LogP contribution in [0.1, 0.15) is 23.6 Å². The number of rotatable bonds is 4. The zero-order chi connectivity index (χ0) is 19.0. The van der Waals surface area contributed by atoms with E-state index in [2.05, 4.69) is 47.6 Å². The highest BCUT2D eigenvalue weighted by molar-refractivity contribution is 8.00. The van der Waals surface area contributed by atoms with Crippen LogP contribution in [0.2, 0.25) is 0 Å². The molecule has 0 N–H and O–H groups in total. The SMILES string of the molecule is Cc1ccc(-n2nnnc2SC(C)C(=O)N2CCc3ccccc32)cc1C. The van der Waals surface area contributed by atoms with Crippen molar-refractivity contribution in [2.75, 3.05) is 11.4 Å². The molecule has 0 radical (unpaired) electrons. The highest BCUT2D eigenvalue weighted by Gasteiger charge is 2.29. The molecule has 1 aromatic heterocycles. The molecule has 27 heavy (non-hydrogen) atoms. The van der Waals surface area contributed by atoms with Crippen molar-refractivity contribution < 1.29 is 4.79 Å². The second-order valence-electron chi connectivity index (χ2n) is 6.77. The number of thioether (sulfide) groups is 1. The van der Waals surface area contributed by atoms with Crippen molar-refractivity contribution in [2.24, 2.45) is 0 Å². The van der Waals surface area contributed by atoms with Crippen molar-refractivity contribution in [3.8, 4) is 5.69 Å². The van der Waals surface area contributed by atoms with E-state index in [4.69, 9.17) is 0 Å². The number of amides is 1. The topological polar surface area (TPSA) is 63.9 Å². The third kappa shape index (κ3) is 3.35. The number of tetrazole rings is 1. The second-order valence-corrected chi connectivity index (χ2v) is 8.08. The number of aromatic nitrogens is 4. The first-order chi connectivity index (χ1) is 13.0. The minimum atomic E-state index is -0.285. The summed E-state index contributed by atoms with van der Waals surface area (Å²) in [6.45, 7) is 6.77. The van der Waals surface area contributed by atoms with Gasteiger partial charge in [0.1, 0.15) is 0 Å². The van der Waals surface area contributed by atoms with Crippen molar-refractivity contribution in [2.45, 2.75) is 37.6 Å². The van der Waals surface area contributed by atoms with E-state index in [1.165, 1.54) is 28.5 Å². The Labute approximate surface area is 162 Å². The van der Waals surface area contributed by atoms with Crippen LogP contribution in [-0.2, 0) is 11.2 Å². The quantitative estimate of drug-likeness (QED) is 0.651. The van der Waals surface area contributed by atoms with Crippen LogP contribution in [0.4, 0.5) is 5.69 Å². The summed E-state index contributed by atoms with van der Waals surface area (Å²) in [5.41, 5.74) is 5.54. The number of hydrogen-bond donors (Lipinski definition) is 0. The lowest BCUT2D eigenvalue weighted by Gasteiger charge is -2.21. The van der Waals surface area contributed by atoms with Crippen LogP contribution in [0.5, 0.6) is 0 Å². The Kier molecular flexibility index (Phi) is 4.70.